The summed E-state index contributed by atoms with van der Waals surface area (Å²) in [5, 5.41) is 13.1. The van der Waals surface area contributed by atoms with Crippen LogP contribution < -0.4 is 9.47 Å². The molecule has 0 aliphatic rings. The van der Waals surface area contributed by atoms with Crippen molar-refractivity contribution in [2.45, 2.75) is 0 Å². The van der Waals surface area contributed by atoms with Crippen molar-refractivity contribution < 1.29 is 9.47 Å². The molecular formula is C15H13NO2S. The highest BCUT2D eigenvalue weighted by molar-refractivity contribution is 7.08. The smallest absolute Gasteiger partial charge is 0.161 e. The van der Waals surface area contributed by atoms with Gasteiger partial charge in [-0.25, -0.2) is 0 Å². The number of rotatable bonds is 4. The minimum Gasteiger partial charge on any atom is -0.493 e. The van der Waals surface area contributed by atoms with Crippen LogP contribution in [-0.2, 0) is 0 Å². The maximum absolute atomic E-state index is 9.22. The van der Waals surface area contributed by atoms with E-state index >= 15 is 0 Å². The lowest BCUT2D eigenvalue weighted by Crippen LogP contribution is -1.90. The molecular weight excluding hydrogens is 258 g/mol. The molecule has 0 bridgehead atoms. The number of hydrogen-bond acceptors (Lipinski definition) is 4. The molecule has 0 unspecified atom stereocenters. The topological polar surface area (TPSA) is 42.2 Å². The number of thiophene rings is 1. The highest BCUT2D eigenvalue weighted by Gasteiger charge is 2.05. The van der Waals surface area contributed by atoms with E-state index in [1.165, 1.54) is 0 Å². The van der Waals surface area contributed by atoms with Crippen molar-refractivity contribution in [3.05, 3.63) is 46.2 Å². The predicted octanol–water partition coefficient (Wildman–Crippen LogP) is 3.83. The summed E-state index contributed by atoms with van der Waals surface area (Å²) in [6.07, 6.45) is 1.84. The molecule has 3 nitrogen and oxygen atoms in total. The normalized spacial score (nSPS) is 10.9. The van der Waals surface area contributed by atoms with Gasteiger partial charge in [0.1, 0.15) is 0 Å². The van der Waals surface area contributed by atoms with Crippen molar-refractivity contribution in [1.82, 2.24) is 0 Å². The second-order valence-electron chi connectivity index (χ2n) is 3.80. The maximum Gasteiger partial charge on any atom is 0.161 e. The Labute approximate surface area is 116 Å². The van der Waals surface area contributed by atoms with Crippen LogP contribution in [0.2, 0.25) is 0 Å². The first-order chi connectivity index (χ1) is 9.28. The molecule has 0 atom stereocenters. The van der Waals surface area contributed by atoms with Gasteiger partial charge in [0.15, 0.2) is 11.5 Å². The van der Waals surface area contributed by atoms with Crippen LogP contribution in [-0.4, -0.2) is 14.2 Å². The summed E-state index contributed by atoms with van der Waals surface area (Å²) in [5.41, 5.74) is 2.47. The first kappa shape index (κ1) is 13.2. The zero-order valence-electron chi connectivity index (χ0n) is 10.7. The molecule has 0 aliphatic carbocycles. The quantitative estimate of drug-likeness (QED) is 0.794. The lowest BCUT2D eigenvalue weighted by molar-refractivity contribution is 0.355. The summed E-state index contributed by atoms with van der Waals surface area (Å²) in [5.74, 6) is 1.33. The number of ether oxygens (including phenoxy) is 2. The van der Waals surface area contributed by atoms with Crippen molar-refractivity contribution in [2.75, 3.05) is 14.2 Å². The summed E-state index contributed by atoms with van der Waals surface area (Å²) in [7, 11) is 3.19. The summed E-state index contributed by atoms with van der Waals surface area (Å²) < 4.78 is 10.4. The Morgan fingerprint density at radius 3 is 2.58 bits per heavy atom. The number of nitriles is 1. The number of methoxy groups -OCH3 is 2. The van der Waals surface area contributed by atoms with Gasteiger partial charge in [0, 0.05) is 5.56 Å². The van der Waals surface area contributed by atoms with Crippen LogP contribution in [0.4, 0.5) is 0 Å². The zero-order valence-corrected chi connectivity index (χ0v) is 11.5. The molecule has 4 heteroatoms. The Kier molecular flexibility index (Phi) is 4.22. The monoisotopic (exact) mass is 271 g/mol. The van der Waals surface area contributed by atoms with Gasteiger partial charge in [-0.1, -0.05) is 6.07 Å². The number of benzene rings is 1. The fourth-order valence-electron chi connectivity index (χ4n) is 1.71. The SMILES string of the molecule is COc1ccc(/C=C(\C#N)c2ccsc2)cc1OC. The average Bonchev–Trinajstić information content (AvgIpc) is 2.98. The molecule has 96 valence electrons. The fourth-order valence-corrected chi connectivity index (χ4v) is 2.36. The molecule has 19 heavy (non-hydrogen) atoms. The Morgan fingerprint density at radius 1 is 1.21 bits per heavy atom. The zero-order chi connectivity index (χ0) is 13.7. The van der Waals surface area contributed by atoms with Crippen molar-refractivity contribution in [3.63, 3.8) is 0 Å². The third-order valence-electron chi connectivity index (χ3n) is 2.67. The fraction of sp³-hybridized carbons (Fsp3) is 0.133. The van der Waals surface area contributed by atoms with Crippen molar-refractivity contribution >= 4 is 23.0 Å². The second kappa shape index (κ2) is 6.07. The standard InChI is InChI=1S/C15H13NO2S/c1-17-14-4-3-11(8-15(14)18-2)7-13(9-16)12-5-6-19-10-12/h3-8,10H,1-2H3/b13-7+. The van der Waals surface area contributed by atoms with Gasteiger partial charge < -0.3 is 9.47 Å². The van der Waals surface area contributed by atoms with Crippen LogP contribution in [0.15, 0.2) is 35.0 Å². The summed E-state index contributed by atoms with van der Waals surface area (Å²) in [6.45, 7) is 0. The minimum atomic E-state index is 0.633. The Hall–Kier alpha value is -2.25. The molecule has 0 amide bonds. The van der Waals surface area contributed by atoms with E-state index in [1.54, 1.807) is 25.6 Å². The van der Waals surface area contributed by atoms with E-state index in [4.69, 9.17) is 9.47 Å². The largest absolute Gasteiger partial charge is 0.493 e. The van der Waals surface area contributed by atoms with Crippen molar-refractivity contribution in [2.24, 2.45) is 0 Å². The minimum absolute atomic E-state index is 0.633. The van der Waals surface area contributed by atoms with Crippen molar-refractivity contribution in [1.29, 1.82) is 5.26 Å². The van der Waals surface area contributed by atoms with E-state index in [9.17, 15) is 5.26 Å². The first-order valence-corrected chi connectivity index (χ1v) is 6.59. The highest BCUT2D eigenvalue weighted by atomic mass is 32.1. The third kappa shape index (κ3) is 2.95. The summed E-state index contributed by atoms with van der Waals surface area (Å²) >= 11 is 1.57. The Balaban J connectivity index is 2.40. The molecule has 0 radical (unpaired) electrons. The first-order valence-electron chi connectivity index (χ1n) is 5.65. The van der Waals surface area contributed by atoms with Gasteiger partial charge in [0.05, 0.1) is 25.9 Å². The molecule has 0 saturated heterocycles. The molecule has 0 spiro atoms. The summed E-state index contributed by atoms with van der Waals surface area (Å²) in [6, 6.07) is 9.72. The van der Waals surface area contributed by atoms with Gasteiger partial charge in [-0.3, -0.25) is 0 Å². The van der Waals surface area contributed by atoms with Crippen LogP contribution in [0.1, 0.15) is 11.1 Å². The lowest BCUT2D eigenvalue weighted by Gasteiger charge is -2.07. The molecule has 0 saturated carbocycles. The molecule has 0 N–H and O–H groups in total. The van der Waals surface area contributed by atoms with Crippen molar-refractivity contribution in [3.8, 4) is 17.6 Å². The maximum atomic E-state index is 9.22. The molecule has 1 heterocycles. The number of allylic oxidation sites excluding steroid dienone is 1. The molecule has 1 aromatic heterocycles. The molecule has 2 rings (SSSR count). The average molecular weight is 271 g/mol. The van der Waals surface area contributed by atoms with Crippen LogP contribution in [0, 0.1) is 11.3 Å². The van der Waals surface area contributed by atoms with E-state index in [1.807, 2.05) is 41.1 Å². The number of hydrogen-bond donors (Lipinski definition) is 0. The lowest BCUT2D eigenvalue weighted by atomic mass is 10.1. The van der Waals surface area contributed by atoms with Crippen LogP contribution in [0.3, 0.4) is 0 Å². The van der Waals surface area contributed by atoms with Crippen LogP contribution >= 0.6 is 11.3 Å². The van der Waals surface area contributed by atoms with E-state index in [0.29, 0.717) is 17.1 Å². The van der Waals surface area contributed by atoms with E-state index in [0.717, 1.165) is 11.1 Å². The second-order valence-corrected chi connectivity index (χ2v) is 4.58. The van der Waals surface area contributed by atoms with Gasteiger partial charge in [-0.2, -0.15) is 16.6 Å². The van der Waals surface area contributed by atoms with E-state index in [2.05, 4.69) is 6.07 Å². The van der Waals surface area contributed by atoms with Gasteiger partial charge in [0.2, 0.25) is 0 Å². The van der Waals surface area contributed by atoms with Gasteiger partial charge in [-0.15, -0.1) is 0 Å². The molecule has 0 fully saturated rings. The van der Waals surface area contributed by atoms with Crippen LogP contribution in [0.25, 0.3) is 11.6 Å². The predicted molar refractivity (Wildman–Crippen MR) is 77.3 cm³/mol. The number of nitrogens with zero attached hydrogens (tertiary/aromatic N) is 1. The molecule has 1 aromatic carbocycles. The third-order valence-corrected chi connectivity index (χ3v) is 3.35. The molecule has 2 aromatic rings. The van der Waals surface area contributed by atoms with Crippen LogP contribution in [0.5, 0.6) is 11.5 Å². The Bertz CT molecular complexity index is 624. The highest BCUT2D eigenvalue weighted by Crippen LogP contribution is 2.29. The molecule has 0 aliphatic heterocycles. The summed E-state index contributed by atoms with van der Waals surface area (Å²) in [4.78, 5) is 0. The van der Waals surface area contributed by atoms with Gasteiger partial charge in [-0.05, 0) is 40.6 Å². The van der Waals surface area contributed by atoms with Gasteiger partial charge >= 0.3 is 0 Å². The van der Waals surface area contributed by atoms with E-state index < -0.39 is 0 Å². The van der Waals surface area contributed by atoms with E-state index in [-0.39, 0.29) is 0 Å². The Morgan fingerprint density at radius 2 is 2.00 bits per heavy atom. The van der Waals surface area contributed by atoms with Gasteiger partial charge in [0.25, 0.3) is 0 Å².